The van der Waals surface area contributed by atoms with Gasteiger partial charge in [-0.05, 0) is 43.4 Å². The molecule has 4 unspecified atom stereocenters. The number of benzene rings is 1. The fraction of sp³-hybridized carbons (Fsp3) is 0.500. The molecule has 1 aliphatic rings. The highest BCUT2D eigenvalue weighted by Gasteiger charge is 2.33. The lowest BCUT2D eigenvalue weighted by Crippen LogP contribution is -2.58. The molecule has 4 atom stereocenters. The van der Waals surface area contributed by atoms with E-state index < -0.39 is 60.3 Å². The first-order valence-corrected chi connectivity index (χ1v) is 12.7. The topological polar surface area (TPSA) is 190 Å². The third-order valence-electron chi connectivity index (χ3n) is 6.62. The van der Waals surface area contributed by atoms with Crippen LogP contribution in [0.4, 0.5) is 0 Å². The number of hydrogen-bond donors (Lipinski definition) is 7. The molecule has 3 rings (SSSR count). The van der Waals surface area contributed by atoms with E-state index in [1.807, 2.05) is 24.3 Å². The van der Waals surface area contributed by atoms with Crippen molar-refractivity contribution in [1.82, 2.24) is 26.3 Å². The lowest BCUT2D eigenvalue weighted by molar-refractivity contribution is -0.143. The number of hydrogen-bond acceptors (Lipinski definition) is 6. The number of amides is 3. The van der Waals surface area contributed by atoms with E-state index in [0.717, 1.165) is 22.9 Å². The normalized spacial score (nSPS) is 17.5. The van der Waals surface area contributed by atoms with Crippen molar-refractivity contribution in [2.45, 2.75) is 70.1 Å². The van der Waals surface area contributed by atoms with Gasteiger partial charge in [0.05, 0.1) is 6.04 Å². The molecule has 12 nitrogen and oxygen atoms in total. The molecule has 206 valence electrons. The predicted octanol–water partition coefficient (Wildman–Crippen LogP) is 0.522. The quantitative estimate of drug-likeness (QED) is 0.195. The molecule has 7 N–H and O–H groups in total. The van der Waals surface area contributed by atoms with Crippen molar-refractivity contribution in [3.8, 4) is 0 Å². The fourth-order valence-corrected chi connectivity index (χ4v) is 4.49. The van der Waals surface area contributed by atoms with E-state index in [1.54, 1.807) is 20.0 Å². The van der Waals surface area contributed by atoms with Gasteiger partial charge in [-0.3, -0.25) is 19.2 Å². The minimum Gasteiger partial charge on any atom is -0.481 e. The Kier molecular flexibility index (Phi) is 9.83. The van der Waals surface area contributed by atoms with Gasteiger partial charge in [0.2, 0.25) is 17.7 Å². The van der Waals surface area contributed by atoms with Crippen molar-refractivity contribution in [3.05, 3.63) is 36.0 Å². The van der Waals surface area contributed by atoms with Gasteiger partial charge in [-0.1, -0.05) is 32.0 Å². The van der Waals surface area contributed by atoms with E-state index in [1.165, 1.54) is 0 Å². The zero-order chi connectivity index (χ0) is 27.8. The number of aliphatic carboxylic acids is 2. The molecular weight excluding hydrogens is 494 g/mol. The molecule has 0 bridgehead atoms. The molecule has 2 heterocycles. The number of carbonyl (C=O) groups excluding carboxylic acids is 3. The minimum atomic E-state index is -1.42. The number of carboxylic acid groups (broad SMARTS) is 2. The number of carboxylic acids is 2. The SMILES string of the molecule is CC(C)C(NC(=O)C(Cc1c[nH]c2ccccc12)NC(=O)C1CCCN1)C(=O)NC(CCC(=O)O)C(=O)O. The second kappa shape index (κ2) is 13.0. The summed E-state index contributed by atoms with van der Waals surface area (Å²) in [5.41, 5.74) is 1.69. The molecule has 12 heteroatoms. The monoisotopic (exact) mass is 529 g/mol. The van der Waals surface area contributed by atoms with Crippen LogP contribution in [0.1, 0.15) is 45.1 Å². The minimum absolute atomic E-state index is 0.164. The van der Waals surface area contributed by atoms with Crippen LogP contribution in [0, 0.1) is 5.92 Å². The Labute approximate surface area is 219 Å². The molecule has 3 amide bonds. The summed E-state index contributed by atoms with van der Waals surface area (Å²) in [5.74, 6) is -4.64. The Bertz CT molecular complexity index is 1170. The Morgan fingerprint density at radius 1 is 1.00 bits per heavy atom. The third kappa shape index (κ3) is 7.54. The Balaban J connectivity index is 1.78. The molecule has 1 saturated heterocycles. The van der Waals surface area contributed by atoms with E-state index >= 15 is 0 Å². The Morgan fingerprint density at radius 3 is 2.37 bits per heavy atom. The summed E-state index contributed by atoms with van der Waals surface area (Å²) in [4.78, 5) is 64.9. The van der Waals surface area contributed by atoms with Gasteiger partial charge >= 0.3 is 11.9 Å². The Morgan fingerprint density at radius 2 is 1.74 bits per heavy atom. The summed E-state index contributed by atoms with van der Waals surface area (Å²) >= 11 is 0. The van der Waals surface area contributed by atoms with Crippen LogP contribution in [-0.4, -0.2) is 75.6 Å². The van der Waals surface area contributed by atoms with Crippen LogP contribution in [0.25, 0.3) is 10.9 Å². The van der Waals surface area contributed by atoms with Gasteiger partial charge in [0.1, 0.15) is 18.1 Å². The van der Waals surface area contributed by atoms with Crippen molar-refractivity contribution in [1.29, 1.82) is 0 Å². The van der Waals surface area contributed by atoms with E-state index in [0.29, 0.717) is 13.0 Å². The lowest BCUT2D eigenvalue weighted by atomic mass is 9.99. The average Bonchev–Trinajstić information content (AvgIpc) is 3.54. The molecule has 0 aliphatic carbocycles. The number of aromatic nitrogens is 1. The first-order chi connectivity index (χ1) is 18.1. The maximum Gasteiger partial charge on any atom is 0.326 e. The zero-order valence-electron chi connectivity index (χ0n) is 21.5. The maximum absolute atomic E-state index is 13.5. The van der Waals surface area contributed by atoms with Crippen molar-refractivity contribution < 1.29 is 34.2 Å². The van der Waals surface area contributed by atoms with Gasteiger partial charge in [-0.2, -0.15) is 0 Å². The number of fused-ring (bicyclic) bond motifs is 1. The molecule has 1 aromatic carbocycles. The van der Waals surface area contributed by atoms with Crippen molar-refractivity contribution in [2.75, 3.05) is 6.54 Å². The van der Waals surface area contributed by atoms with Crippen LogP contribution in [-0.2, 0) is 30.4 Å². The smallest absolute Gasteiger partial charge is 0.326 e. The van der Waals surface area contributed by atoms with Gasteiger partial charge in [0.25, 0.3) is 0 Å². The van der Waals surface area contributed by atoms with E-state index in [-0.39, 0.29) is 18.7 Å². The van der Waals surface area contributed by atoms with Crippen LogP contribution in [0.15, 0.2) is 30.5 Å². The molecule has 38 heavy (non-hydrogen) atoms. The molecule has 1 fully saturated rings. The number of H-pyrrole nitrogens is 1. The van der Waals surface area contributed by atoms with Gasteiger partial charge in [-0.15, -0.1) is 0 Å². The molecule has 0 radical (unpaired) electrons. The van der Waals surface area contributed by atoms with Crippen molar-refractivity contribution in [3.63, 3.8) is 0 Å². The number of carbonyl (C=O) groups is 5. The van der Waals surface area contributed by atoms with E-state index in [4.69, 9.17) is 5.11 Å². The largest absolute Gasteiger partial charge is 0.481 e. The van der Waals surface area contributed by atoms with Crippen LogP contribution in [0.5, 0.6) is 0 Å². The molecule has 0 saturated carbocycles. The van der Waals surface area contributed by atoms with E-state index in [2.05, 4.69) is 26.3 Å². The fourth-order valence-electron chi connectivity index (χ4n) is 4.49. The summed E-state index contributed by atoms with van der Waals surface area (Å²) in [5, 5.41) is 30.1. The molecule has 0 spiro atoms. The number of aromatic amines is 1. The second-order valence-electron chi connectivity index (χ2n) is 9.84. The van der Waals surface area contributed by atoms with Gasteiger partial charge in [0, 0.05) is 29.9 Å². The first-order valence-electron chi connectivity index (χ1n) is 12.7. The highest BCUT2D eigenvalue weighted by Crippen LogP contribution is 2.20. The van der Waals surface area contributed by atoms with Crippen molar-refractivity contribution >= 4 is 40.6 Å². The van der Waals surface area contributed by atoms with Crippen LogP contribution in [0.2, 0.25) is 0 Å². The average molecular weight is 530 g/mol. The number of rotatable bonds is 13. The molecule has 1 aromatic heterocycles. The summed E-state index contributed by atoms with van der Waals surface area (Å²) in [6, 6.07) is 3.61. The van der Waals surface area contributed by atoms with Crippen LogP contribution < -0.4 is 21.3 Å². The first kappa shape index (κ1) is 28.6. The number of nitrogens with one attached hydrogen (secondary N) is 5. The summed E-state index contributed by atoms with van der Waals surface area (Å²) in [6.45, 7) is 4.08. The number of para-hydroxylation sites is 1. The predicted molar refractivity (Wildman–Crippen MR) is 138 cm³/mol. The highest BCUT2D eigenvalue weighted by atomic mass is 16.4. The lowest BCUT2D eigenvalue weighted by Gasteiger charge is -2.27. The summed E-state index contributed by atoms with van der Waals surface area (Å²) < 4.78 is 0. The highest BCUT2D eigenvalue weighted by molar-refractivity contribution is 5.95. The van der Waals surface area contributed by atoms with E-state index in [9.17, 15) is 29.1 Å². The molecular formula is C26H35N5O7. The molecule has 1 aliphatic heterocycles. The maximum atomic E-state index is 13.5. The third-order valence-corrected chi connectivity index (χ3v) is 6.62. The molecule has 2 aromatic rings. The van der Waals surface area contributed by atoms with Crippen LogP contribution in [0.3, 0.4) is 0 Å². The van der Waals surface area contributed by atoms with Gasteiger partial charge in [0.15, 0.2) is 0 Å². The van der Waals surface area contributed by atoms with Gasteiger partial charge < -0.3 is 36.5 Å². The standard InChI is InChI=1S/C26H35N5O7/c1-14(2)22(25(36)29-19(26(37)38)9-10-21(32)33)31-24(35)20(30-23(34)18-8-5-11-27-18)12-15-13-28-17-7-4-3-6-16(15)17/h3-4,6-7,13-14,18-20,22,27-28H,5,8-12H2,1-2H3,(H,29,36)(H,30,34)(H,31,35)(H,32,33)(H,37,38). The second-order valence-corrected chi connectivity index (χ2v) is 9.84. The zero-order valence-corrected chi connectivity index (χ0v) is 21.5. The van der Waals surface area contributed by atoms with Gasteiger partial charge in [-0.25, -0.2) is 4.79 Å². The van der Waals surface area contributed by atoms with Crippen molar-refractivity contribution in [2.24, 2.45) is 5.92 Å². The van der Waals surface area contributed by atoms with Crippen LogP contribution >= 0.6 is 0 Å². The summed E-state index contributed by atoms with van der Waals surface area (Å²) in [7, 11) is 0. The summed E-state index contributed by atoms with van der Waals surface area (Å²) in [6.07, 6.45) is 2.69. The Hall–Kier alpha value is -3.93.